The first-order valence-electron chi connectivity index (χ1n) is 6.10. The van der Waals surface area contributed by atoms with E-state index in [0.717, 1.165) is 12.8 Å². The Morgan fingerprint density at radius 2 is 1.88 bits per heavy atom. The van der Waals surface area contributed by atoms with Gasteiger partial charge in [-0.25, -0.2) is 0 Å². The molecular formula is C13H21NO3. The Kier molecular flexibility index (Phi) is 2.53. The lowest BCUT2D eigenvalue weighted by Crippen LogP contribution is -2.60. The second kappa shape index (κ2) is 3.47. The van der Waals surface area contributed by atoms with Crippen LogP contribution in [0.5, 0.6) is 0 Å². The average molecular weight is 239 g/mol. The molecule has 1 saturated heterocycles. The van der Waals surface area contributed by atoms with E-state index in [0.29, 0.717) is 13.0 Å². The predicted molar refractivity (Wildman–Crippen MR) is 63.2 cm³/mol. The molecule has 0 aromatic carbocycles. The Morgan fingerprint density at radius 3 is 2.47 bits per heavy atom. The van der Waals surface area contributed by atoms with Gasteiger partial charge in [0.25, 0.3) is 0 Å². The van der Waals surface area contributed by atoms with Crippen molar-refractivity contribution in [3.05, 3.63) is 0 Å². The Labute approximate surface area is 102 Å². The molecule has 2 rings (SSSR count). The van der Waals surface area contributed by atoms with Crippen LogP contribution in [0.1, 0.15) is 40.0 Å². The Hall–Kier alpha value is -1.06. The van der Waals surface area contributed by atoms with Gasteiger partial charge in [0.2, 0.25) is 5.91 Å². The minimum Gasteiger partial charge on any atom is -0.469 e. The normalized spacial score (nSPS) is 45.1. The highest BCUT2D eigenvalue weighted by Crippen LogP contribution is 2.56. The third kappa shape index (κ3) is 1.83. The smallest absolute Gasteiger partial charge is 0.311 e. The number of carbonyl (C=O) groups is 2. The number of amides is 1. The zero-order valence-electron chi connectivity index (χ0n) is 11.1. The molecule has 2 fully saturated rings. The van der Waals surface area contributed by atoms with Gasteiger partial charge in [-0.1, -0.05) is 13.8 Å². The van der Waals surface area contributed by atoms with Crippen molar-refractivity contribution >= 4 is 11.9 Å². The first kappa shape index (κ1) is 12.4. The molecule has 3 atom stereocenters. The van der Waals surface area contributed by atoms with Crippen LogP contribution in [0, 0.1) is 16.2 Å². The Balaban J connectivity index is 2.37. The summed E-state index contributed by atoms with van der Waals surface area (Å²) in [6, 6.07) is 0. The maximum absolute atomic E-state index is 12.0. The number of nitrogens with one attached hydrogen (secondary N) is 1. The summed E-state index contributed by atoms with van der Waals surface area (Å²) >= 11 is 0. The number of esters is 1. The van der Waals surface area contributed by atoms with Gasteiger partial charge in [0.1, 0.15) is 0 Å². The molecule has 96 valence electrons. The van der Waals surface area contributed by atoms with Gasteiger partial charge in [-0.05, 0) is 31.6 Å². The second-order valence-electron chi connectivity index (χ2n) is 6.64. The molecule has 2 aliphatic rings. The van der Waals surface area contributed by atoms with Crippen molar-refractivity contribution in [2.75, 3.05) is 13.7 Å². The van der Waals surface area contributed by atoms with Crippen LogP contribution in [0.15, 0.2) is 0 Å². The van der Waals surface area contributed by atoms with Gasteiger partial charge in [-0.15, -0.1) is 0 Å². The van der Waals surface area contributed by atoms with Crippen molar-refractivity contribution < 1.29 is 14.3 Å². The van der Waals surface area contributed by atoms with E-state index in [4.69, 9.17) is 4.74 Å². The number of rotatable bonds is 1. The van der Waals surface area contributed by atoms with E-state index < -0.39 is 10.8 Å². The standard InChI is InChI=1S/C13H21NO3/c1-11-5-12(2,9(15)14-8-11)7-13(3,6-11)10(16)17-4/h5-8H2,1-4H3,(H,14,15)/t11-,12-,13+/m0/s1. The van der Waals surface area contributed by atoms with E-state index in [1.807, 2.05) is 13.8 Å². The molecule has 0 radical (unpaired) electrons. The van der Waals surface area contributed by atoms with Crippen molar-refractivity contribution in [3.8, 4) is 0 Å². The summed E-state index contributed by atoms with van der Waals surface area (Å²) in [6.07, 6.45) is 2.22. The van der Waals surface area contributed by atoms with E-state index in [2.05, 4.69) is 12.2 Å². The minimum absolute atomic E-state index is 0.00382. The number of ether oxygens (including phenoxy) is 1. The van der Waals surface area contributed by atoms with Crippen molar-refractivity contribution in [3.63, 3.8) is 0 Å². The van der Waals surface area contributed by atoms with Crippen LogP contribution in [0.4, 0.5) is 0 Å². The van der Waals surface area contributed by atoms with Crippen LogP contribution in [-0.2, 0) is 14.3 Å². The number of piperidine rings is 1. The van der Waals surface area contributed by atoms with Gasteiger partial charge >= 0.3 is 5.97 Å². The number of carbonyl (C=O) groups excluding carboxylic acids is 2. The van der Waals surface area contributed by atoms with Crippen LogP contribution in [0.2, 0.25) is 0 Å². The second-order valence-corrected chi connectivity index (χ2v) is 6.64. The van der Waals surface area contributed by atoms with E-state index in [9.17, 15) is 9.59 Å². The topological polar surface area (TPSA) is 55.4 Å². The molecule has 1 amide bonds. The van der Waals surface area contributed by atoms with E-state index in [1.54, 1.807) is 0 Å². The molecule has 4 nitrogen and oxygen atoms in total. The average Bonchev–Trinajstić information content (AvgIpc) is 2.21. The lowest BCUT2D eigenvalue weighted by molar-refractivity contribution is -0.167. The molecular weight excluding hydrogens is 218 g/mol. The highest BCUT2D eigenvalue weighted by molar-refractivity contribution is 5.86. The lowest BCUT2D eigenvalue weighted by atomic mass is 9.52. The fraction of sp³-hybridized carbons (Fsp3) is 0.846. The fourth-order valence-electron chi connectivity index (χ4n) is 4.12. The molecule has 1 aliphatic heterocycles. The van der Waals surface area contributed by atoms with Crippen molar-refractivity contribution in [1.82, 2.24) is 5.32 Å². The molecule has 1 aliphatic carbocycles. The van der Waals surface area contributed by atoms with E-state index in [-0.39, 0.29) is 17.3 Å². The summed E-state index contributed by atoms with van der Waals surface area (Å²) in [4.78, 5) is 24.0. The number of methoxy groups -OCH3 is 1. The van der Waals surface area contributed by atoms with Gasteiger partial charge < -0.3 is 10.1 Å². The number of fused-ring (bicyclic) bond motifs is 2. The largest absolute Gasteiger partial charge is 0.469 e. The molecule has 2 bridgehead atoms. The van der Waals surface area contributed by atoms with Gasteiger partial charge in [0, 0.05) is 12.0 Å². The summed E-state index contributed by atoms with van der Waals surface area (Å²) in [5, 5.41) is 2.97. The van der Waals surface area contributed by atoms with Crippen LogP contribution in [0.25, 0.3) is 0 Å². The molecule has 17 heavy (non-hydrogen) atoms. The minimum atomic E-state index is -0.533. The maximum Gasteiger partial charge on any atom is 0.311 e. The quantitative estimate of drug-likeness (QED) is 0.705. The molecule has 0 spiro atoms. The number of hydrogen-bond acceptors (Lipinski definition) is 3. The summed E-state index contributed by atoms with van der Waals surface area (Å²) in [7, 11) is 1.42. The Morgan fingerprint density at radius 1 is 1.24 bits per heavy atom. The SMILES string of the molecule is COC(=O)[C@]1(C)C[C@@]2(C)CNC(=O)[C@@](C)(C2)C1. The van der Waals surface area contributed by atoms with Gasteiger partial charge in [-0.3, -0.25) is 9.59 Å². The Bertz CT molecular complexity index is 381. The van der Waals surface area contributed by atoms with Crippen LogP contribution in [-0.4, -0.2) is 25.5 Å². The van der Waals surface area contributed by atoms with Crippen molar-refractivity contribution in [1.29, 1.82) is 0 Å². The van der Waals surface area contributed by atoms with Gasteiger partial charge in [0.15, 0.2) is 0 Å². The third-order valence-electron chi connectivity index (χ3n) is 4.32. The van der Waals surface area contributed by atoms with Crippen LogP contribution in [0.3, 0.4) is 0 Å². The zero-order valence-corrected chi connectivity index (χ0v) is 11.1. The van der Waals surface area contributed by atoms with Gasteiger partial charge in [0.05, 0.1) is 12.5 Å². The maximum atomic E-state index is 12.0. The van der Waals surface area contributed by atoms with Crippen LogP contribution >= 0.6 is 0 Å². The summed E-state index contributed by atoms with van der Waals surface area (Å²) in [6.45, 7) is 6.69. The van der Waals surface area contributed by atoms with Crippen molar-refractivity contribution in [2.45, 2.75) is 40.0 Å². The van der Waals surface area contributed by atoms with Gasteiger partial charge in [-0.2, -0.15) is 0 Å². The summed E-state index contributed by atoms with van der Waals surface area (Å²) in [5.41, 5.74) is -0.966. The highest BCUT2D eigenvalue weighted by atomic mass is 16.5. The first-order chi connectivity index (χ1) is 7.73. The lowest BCUT2D eigenvalue weighted by Gasteiger charge is -2.54. The molecule has 0 aromatic rings. The molecule has 0 unspecified atom stereocenters. The third-order valence-corrected chi connectivity index (χ3v) is 4.32. The zero-order chi connectivity index (χ0) is 12.9. The van der Waals surface area contributed by atoms with E-state index in [1.165, 1.54) is 7.11 Å². The number of hydrogen-bond donors (Lipinski definition) is 1. The molecule has 0 aromatic heterocycles. The molecule has 1 heterocycles. The molecule has 1 N–H and O–H groups in total. The van der Waals surface area contributed by atoms with Crippen LogP contribution < -0.4 is 5.32 Å². The predicted octanol–water partition coefficient (Wildman–Crippen LogP) is 1.49. The fourth-order valence-corrected chi connectivity index (χ4v) is 4.12. The molecule has 4 heteroatoms. The summed E-state index contributed by atoms with van der Waals surface area (Å²) < 4.78 is 4.91. The molecule has 1 saturated carbocycles. The monoisotopic (exact) mass is 239 g/mol. The highest BCUT2D eigenvalue weighted by Gasteiger charge is 2.57. The van der Waals surface area contributed by atoms with E-state index >= 15 is 0 Å². The first-order valence-corrected chi connectivity index (χ1v) is 6.10. The summed E-state index contributed by atoms with van der Waals surface area (Å²) in [5.74, 6) is -0.117. The van der Waals surface area contributed by atoms with Crippen molar-refractivity contribution in [2.24, 2.45) is 16.2 Å².